The molecule has 0 saturated carbocycles. The lowest BCUT2D eigenvalue weighted by atomic mass is 9.98. The van der Waals surface area contributed by atoms with Crippen LogP contribution in [0.25, 0.3) is 0 Å². The van der Waals surface area contributed by atoms with E-state index in [9.17, 15) is 14.9 Å². The van der Waals surface area contributed by atoms with Crippen molar-refractivity contribution in [1.29, 1.82) is 0 Å². The van der Waals surface area contributed by atoms with Gasteiger partial charge < -0.3 is 4.74 Å². The van der Waals surface area contributed by atoms with Crippen LogP contribution in [0.15, 0.2) is 47.6 Å². The van der Waals surface area contributed by atoms with Crippen LogP contribution < -0.4 is 10.2 Å². The summed E-state index contributed by atoms with van der Waals surface area (Å²) < 4.78 is 5.47. The molecule has 1 N–H and O–H groups in total. The lowest BCUT2D eigenvalue weighted by molar-refractivity contribution is -0.384. The summed E-state index contributed by atoms with van der Waals surface area (Å²) in [5, 5.41) is 14.4. The predicted octanol–water partition coefficient (Wildman–Crippen LogP) is 3.56. The summed E-state index contributed by atoms with van der Waals surface area (Å²) >= 11 is 0. The molecule has 0 unspecified atom stereocenters. The van der Waals surface area contributed by atoms with Gasteiger partial charge in [-0.25, -0.2) is 5.43 Å². The van der Waals surface area contributed by atoms with Crippen molar-refractivity contribution in [2.75, 3.05) is 6.61 Å². The van der Waals surface area contributed by atoms with Gasteiger partial charge in [0, 0.05) is 12.1 Å². The zero-order valence-corrected chi connectivity index (χ0v) is 14.9. The molecule has 0 fully saturated rings. The highest BCUT2D eigenvalue weighted by Crippen LogP contribution is 2.23. The van der Waals surface area contributed by atoms with Gasteiger partial charge in [-0.05, 0) is 53.8 Å². The number of nitro groups is 1. The zero-order valence-electron chi connectivity index (χ0n) is 14.9. The molecular weight excluding hydrogens is 334 g/mol. The highest BCUT2D eigenvalue weighted by atomic mass is 16.6. The molecule has 0 atom stereocenters. The molecule has 0 saturated heterocycles. The first-order chi connectivity index (χ1) is 12.4. The summed E-state index contributed by atoms with van der Waals surface area (Å²) in [4.78, 5) is 21.9. The van der Waals surface area contributed by atoms with Crippen LogP contribution in [-0.2, 0) is 4.79 Å². The Morgan fingerprint density at radius 1 is 1.27 bits per heavy atom. The Balaban J connectivity index is 1.83. The first-order valence-electron chi connectivity index (χ1n) is 8.16. The molecule has 26 heavy (non-hydrogen) atoms. The number of hydrogen-bond donors (Lipinski definition) is 1. The van der Waals surface area contributed by atoms with E-state index >= 15 is 0 Å². The summed E-state index contributed by atoms with van der Waals surface area (Å²) in [5.74, 6) is 0.663. The van der Waals surface area contributed by atoms with Crippen molar-refractivity contribution in [2.45, 2.75) is 26.7 Å². The Morgan fingerprint density at radius 2 is 1.96 bits per heavy atom. The fourth-order valence-electron chi connectivity index (χ4n) is 2.43. The molecule has 2 aromatic carbocycles. The first-order valence-corrected chi connectivity index (χ1v) is 8.16. The number of non-ortho nitro benzene ring substituents is 1. The van der Waals surface area contributed by atoms with E-state index in [-0.39, 0.29) is 12.3 Å². The molecular formula is C19H21N3O4. The van der Waals surface area contributed by atoms with Crippen molar-refractivity contribution in [3.8, 4) is 5.75 Å². The van der Waals surface area contributed by atoms with Crippen LogP contribution in [0.1, 0.15) is 36.5 Å². The fourth-order valence-corrected chi connectivity index (χ4v) is 2.43. The predicted molar refractivity (Wildman–Crippen MR) is 99.6 cm³/mol. The lowest BCUT2D eigenvalue weighted by Crippen LogP contribution is -2.24. The van der Waals surface area contributed by atoms with Crippen molar-refractivity contribution in [3.63, 3.8) is 0 Å². The molecule has 0 aromatic heterocycles. The van der Waals surface area contributed by atoms with Crippen LogP contribution in [0.3, 0.4) is 0 Å². The molecule has 0 bridgehead atoms. The number of rotatable bonds is 7. The normalized spacial score (nSPS) is 10.9. The number of benzene rings is 2. The van der Waals surface area contributed by atoms with Crippen LogP contribution in [0.2, 0.25) is 0 Å². The number of hydrazone groups is 1. The van der Waals surface area contributed by atoms with Gasteiger partial charge in [0.05, 0.1) is 11.1 Å². The summed E-state index contributed by atoms with van der Waals surface area (Å²) in [6.45, 7) is 6.10. The van der Waals surface area contributed by atoms with Gasteiger partial charge in [0.1, 0.15) is 5.75 Å². The molecule has 0 radical (unpaired) electrons. The third-order valence-corrected chi connectivity index (χ3v) is 3.74. The second-order valence-electron chi connectivity index (χ2n) is 6.10. The largest absolute Gasteiger partial charge is 0.484 e. The summed E-state index contributed by atoms with van der Waals surface area (Å²) in [6.07, 6.45) is 1.41. The molecule has 1 amide bonds. The van der Waals surface area contributed by atoms with Gasteiger partial charge in [0.15, 0.2) is 6.61 Å². The van der Waals surface area contributed by atoms with E-state index in [1.807, 2.05) is 25.1 Å². The molecule has 136 valence electrons. The van der Waals surface area contributed by atoms with E-state index in [1.165, 1.54) is 23.9 Å². The van der Waals surface area contributed by atoms with Crippen molar-refractivity contribution < 1.29 is 14.5 Å². The maximum Gasteiger partial charge on any atom is 0.277 e. The zero-order chi connectivity index (χ0) is 19.1. The highest BCUT2D eigenvalue weighted by Gasteiger charge is 2.07. The van der Waals surface area contributed by atoms with Crippen molar-refractivity contribution in [2.24, 2.45) is 5.10 Å². The number of aryl methyl sites for hydroxylation is 1. The van der Waals surface area contributed by atoms with Crippen molar-refractivity contribution in [3.05, 3.63) is 69.3 Å². The minimum atomic E-state index is -0.477. The molecule has 2 aromatic rings. The van der Waals surface area contributed by atoms with Gasteiger partial charge >= 0.3 is 0 Å². The third kappa shape index (κ3) is 5.41. The minimum Gasteiger partial charge on any atom is -0.484 e. The topological polar surface area (TPSA) is 93.8 Å². The van der Waals surface area contributed by atoms with E-state index in [2.05, 4.69) is 24.4 Å². The summed E-state index contributed by atoms with van der Waals surface area (Å²) in [5.41, 5.74) is 5.35. The third-order valence-electron chi connectivity index (χ3n) is 3.74. The Morgan fingerprint density at radius 3 is 2.54 bits per heavy atom. The average Bonchev–Trinajstić information content (AvgIpc) is 2.60. The number of hydrogen-bond acceptors (Lipinski definition) is 5. The number of ether oxygens (including phenoxy) is 1. The van der Waals surface area contributed by atoms with Crippen LogP contribution >= 0.6 is 0 Å². The molecule has 2 rings (SSSR count). The average molecular weight is 355 g/mol. The van der Waals surface area contributed by atoms with E-state index < -0.39 is 10.8 Å². The second kappa shape index (κ2) is 8.75. The molecule has 7 nitrogen and oxygen atoms in total. The fraction of sp³-hybridized carbons (Fsp3) is 0.263. The van der Waals surface area contributed by atoms with Crippen LogP contribution in [-0.4, -0.2) is 23.7 Å². The Labute approximate surface area is 151 Å². The maximum absolute atomic E-state index is 11.8. The van der Waals surface area contributed by atoms with Gasteiger partial charge in [0.25, 0.3) is 11.6 Å². The standard InChI is InChI=1S/C19H21N3O4/c1-13(2)18-9-8-17(10-14(18)3)26-12-19(23)21-20-11-15-4-6-16(7-5-15)22(24)25/h4-11,13H,12H2,1-3H3,(H,21,23)/b20-11+. The van der Waals surface area contributed by atoms with Gasteiger partial charge in [-0.3, -0.25) is 14.9 Å². The van der Waals surface area contributed by atoms with Crippen LogP contribution in [0.4, 0.5) is 5.69 Å². The number of carbonyl (C=O) groups excluding carboxylic acids is 1. The van der Waals surface area contributed by atoms with Gasteiger partial charge in [-0.2, -0.15) is 5.10 Å². The van der Waals surface area contributed by atoms with Crippen LogP contribution in [0.5, 0.6) is 5.75 Å². The van der Waals surface area contributed by atoms with Crippen molar-refractivity contribution in [1.82, 2.24) is 5.43 Å². The number of amides is 1. The van der Waals surface area contributed by atoms with E-state index in [0.29, 0.717) is 17.2 Å². The molecule has 0 aliphatic carbocycles. The van der Waals surface area contributed by atoms with E-state index in [1.54, 1.807) is 12.1 Å². The second-order valence-corrected chi connectivity index (χ2v) is 6.10. The van der Waals surface area contributed by atoms with Gasteiger partial charge in [-0.15, -0.1) is 0 Å². The molecule has 0 aliphatic rings. The SMILES string of the molecule is Cc1cc(OCC(=O)N/N=C/c2ccc([N+](=O)[O-])cc2)ccc1C(C)C. The number of nitrogens with zero attached hydrogens (tertiary/aromatic N) is 2. The molecule has 0 spiro atoms. The van der Waals surface area contributed by atoms with E-state index in [0.717, 1.165) is 5.56 Å². The Bertz CT molecular complexity index is 814. The van der Waals surface area contributed by atoms with Gasteiger partial charge in [-0.1, -0.05) is 19.9 Å². The number of carbonyl (C=O) groups is 1. The Kier molecular flexibility index (Phi) is 6.43. The monoisotopic (exact) mass is 355 g/mol. The quantitative estimate of drug-likeness (QED) is 0.467. The smallest absolute Gasteiger partial charge is 0.277 e. The highest BCUT2D eigenvalue weighted by molar-refractivity contribution is 5.83. The van der Waals surface area contributed by atoms with Crippen LogP contribution in [0, 0.1) is 17.0 Å². The summed E-state index contributed by atoms with van der Waals surface area (Å²) in [7, 11) is 0. The number of nitro benzene ring substituents is 1. The number of nitrogens with one attached hydrogen (secondary N) is 1. The lowest BCUT2D eigenvalue weighted by Gasteiger charge is -2.12. The minimum absolute atomic E-state index is 0.00151. The van der Waals surface area contributed by atoms with Gasteiger partial charge in [0.2, 0.25) is 0 Å². The maximum atomic E-state index is 11.8. The molecule has 0 heterocycles. The first kappa shape index (κ1) is 19.1. The Hall–Kier alpha value is -3.22. The van der Waals surface area contributed by atoms with Crippen molar-refractivity contribution >= 4 is 17.8 Å². The molecule has 7 heteroatoms. The van der Waals surface area contributed by atoms with E-state index in [4.69, 9.17) is 4.74 Å². The molecule has 0 aliphatic heterocycles. The summed E-state index contributed by atoms with van der Waals surface area (Å²) in [6, 6.07) is 11.6.